The lowest BCUT2D eigenvalue weighted by atomic mass is 10.1. The molecule has 29 heavy (non-hydrogen) atoms. The standard InChI is InChI=1S/C23H37FN2O2Si/c1-9-27-16-20-25-19(15-24)21(18-13-11-10-12-14-18)26(20)17-23(5,6)28-29(7,8)22(2,3)4/h10-14H,9,15-17H2,1-8H3. The van der Waals surface area contributed by atoms with Crippen molar-refractivity contribution in [2.45, 2.75) is 85.1 Å². The number of aromatic nitrogens is 2. The van der Waals surface area contributed by atoms with E-state index in [2.05, 4.69) is 57.3 Å². The highest BCUT2D eigenvalue weighted by Gasteiger charge is 2.42. The minimum atomic E-state index is -1.97. The molecule has 162 valence electrons. The smallest absolute Gasteiger partial charge is 0.192 e. The van der Waals surface area contributed by atoms with Crippen LogP contribution in [-0.4, -0.2) is 30.1 Å². The van der Waals surface area contributed by atoms with Gasteiger partial charge in [0.25, 0.3) is 0 Å². The molecule has 0 aliphatic carbocycles. The SMILES string of the molecule is CCOCc1nc(CF)c(-c2ccccc2)n1CC(C)(C)O[Si](C)(C)C(C)(C)C. The number of ether oxygens (including phenoxy) is 1. The predicted molar refractivity (Wildman–Crippen MR) is 120 cm³/mol. The summed E-state index contributed by atoms with van der Waals surface area (Å²) in [5.41, 5.74) is 1.80. The van der Waals surface area contributed by atoms with Gasteiger partial charge < -0.3 is 13.7 Å². The van der Waals surface area contributed by atoms with Gasteiger partial charge in [-0.3, -0.25) is 0 Å². The molecule has 0 atom stereocenters. The van der Waals surface area contributed by atoms with Gasteiger partial charge in [0.05, 0.1) is 23.5 Å². The molecule has 1 heterocycles. The van der Waals surface area contributed by atoms with E-state index in [0.717, 1.165) is 17.1 Å². The van der Waals surface area contributed by atoms with E-state index in [1.165, 1.54) is 0 Å². The zero-order valence-electron chi connectivity index (χ0n) is 19.3. The molecule has 0 saturated carbocycles. The number of rotatable bonds is 9. The number of benzene rings is 1. The average Bonchev–Trinajstić information content (AvgIpc) is 2.95. The van der Waals surface area contributed by atoms with Crippen molar-refractivity contribution in [2.75, 3.05) is 6.61 Å². The zero-order chi connectivity index (χ0) is 21.9. The molecule has 2 rings (SSSR count). The summed E-state index contributed by atoms with van der Waals surface area (Å²) >= 11 is 0. The zero-order valence-corrected chi connectivity index (χ0v) is 20.3. The first kappa shape index (κ1) is 23.8. The molecule has 0 unspecified atom stereocenters. The Labute approximate surface area is 176 Å². The summed E-state index contributed by atoms with van der Waals surface area (Å²) in [5, 5.41) is 0.111. The second-order valence-electron chi connectivity index (χ2n) is 9.67. The lowest BCUT2D eigenvalue weighted by molar-refractivity contribution is 0.0681. The van der Waals surface area contributed by atoms with Gasteiger partial charge in [0, 0.05) is 12.2 Å². The van der Waals surface area contributed by atoms with Crippen LogP contribution >= 0.6 is 0 Å². The summed E-state index contributed by atoms with van der Waals surface area (Å²) in [7, 11) is -1.97. The topological polar surface area (TPSA) is 36.3 Å². The summed E-state index contributed by atoms with van der Waals surface area (Å²) in [4.78, 5) is 4.59. The van der Waals surface area contributed by atoms with Crippen molar-refractivity contribution >= 4 is 8.32 Å². The van der Waals surface area contributed by atoms with Crippen LogP contribution in [0.3, 0.4) is 0 Å². The molecule has 0 amide bonds. The molecule has 1 aromatic carbocycles. The Morgan fingerprint density at radius 2 is 1.69 bits per heavy atom. The minimum Gasteiger partial charge on any atom is -0.410 e. The third-order valence-electron chi connectivity index (χ3n) is 5.60. The molecule has 0 spiro atoms. The molecule has 0 N–H and O–H groups in total. The fourth-order valence-corrected chi connectivity index (χ4v) is 5.05. The van der Waals surface area contributed by atoms with Crippen LogP contribution in [0.5, 0.6) is 0 Å². The van der Waals surface area contributed by atoms with Gasteiger partial charge in [0.1, 0.15) is 19.1 Å². The van der Waals surface area contributed by atoms with E-state index < -0.39 is 20.6 Å². The maximum atomic E-state index is 13.9. The molecule has 1 aromatic heterocycles. The number of alkyl halides is 1. The van der Waals surface area contributed by atoms with E-state index >= 15 is 0 Å². The number of nitrogens with zero attached hydrogens (tertiary/aromatic N) is 2. The highest BCUT2D eigenvalue weighted by molar-refractivity contribution is 6.74. The van der Waals surface area contributed by atoms with Gasteiger partial charge in [0.15, 0.2) is 8.32 Å². The van der Waals surface area contributed by atoms with Crippen molar-refractivity contribution in [2.24, 2.45) is 0 Å². The van der Waals surface area contributed by atoms with Crippen molar-refractivity contribution in [3.63, 3.8) is 0 Å². The monoisotopic (exact) mass is 420 g/mol. The molecule has 2 aromatic rings. The molecule has 0 saturated heterocycles. The highest BCUT2D eigenvalue weighted by Crippen LogP contribution is 2.40. The Hall–Kier alpha value is -1.50. The van der Waals surface area contributed by atoms with Gasteiger partial charge in [-0.05, 0) is 38.9 Å². The fourth-order valence-electron chi connectivity index (χ4n) is 3.30. The van der Waals surface area contributed by atoms with Crippen LogP contribution in [0.4, 0.5) is 4.39 Å². The van der Waals surface area contributed by atoms with Crippen molar-refractivity contribution < 1.29 is 13.6 Å². The largest absolute Gasteiger partial charge is 0.410 e. The Balaban J connectivity index is 2.50. The number of hydrogen-bond acceptors (Lipinski definition) is 3. The third kappa shape index (κ3) is 5.77. The van der Waals surface area contributed by atoms with Gasteiger partial charge in [0.2, 0.25) is 0 Å². The summed E-state index contributed by atoms with van der Waals surface area (Å²) in [6.45, 7) is 18.3. The molecule has 0 aliphatic heterocycles. The number of hydrogen-bond donors (Lipinski definition) is 0. The summed E-state index contributed by atoms with van der Waals surface area (Å²) in [6, 6.07) is 9.89. The summed E-state index contributed by atoms with van der Waals surface area (Å²) in [6.07, 6.45) is 0. The van der Waals surface area contributed by atoms with Gasteiger partial charge >= 0.3 is 0 Å². The minimum absolute atomic E-state index is 0.111. The molecular weight excluding hydrogens is 383 g/mol. The van der Waals surface area contributed by atoms with Crippen LogP contribution in [0.25, 0.3) is 11.3 Å². The Kier molecular flexibility index (Phi) is 7.46. The second kappa shape index (κ2) is 9.10. The van der Waals surface area contributed by atoms with Gasteiger partial charge in [-0.1, -0.05) is 51.1 Å². The first-order chi connectivity index (χ1) is 13.4. The molecule has 0 aliphatic rings. The second-order valence-corrected chi connectivity index (χ2v) is 14.4. The van der Waals surface area contributed by atoms with Crippen LogP contribution < -0.4 is 0 Å². The molecule has 6 heteroatoms. The predicted octanol–water partition coefficient (Wildman–Crippen LogP) is 6.36. The van der Waals surface area contributed by atoms with E-state index in [0.29, 0.717) is 25.5 Å². The van der Waals surface area contributed by atoms with E-state index in [-0.39, 0.29) is 5.04 Å². The third-order valence-corrected chi connectivity index (χ3v) is 10.3. The van der Waals surface area contributed by atoms with Crippen LogP contribution in [0.2, 0.25) is 18.1 Å². The summed E-state index contributed by atoms with van der Waals surface area (Å²) in [5.74, 6) is 0.741. The van der Waals surface area contributed by atoms with Gasteiger partial charge in [-0.15, -0.1) is 0 Å². The number of imidazole rings is 1. The highest BCUT2D eigenvalue weighted by atomic mass is 28.4. The van der Waals surface area contributed by atoms with E-state index in [1.807, 2.05) is 37.3 Å². The Morgan fingerprint density at radius 1 is 1.07 bits per heavy atom. The molecule has 4 nitrogen and oxygen atoms in total. The average molecular weight is 421 g/mol. The fraction of sp³-hybridized carbons (Fsp3) is 0.609. The van der Waals surface area contributed by atoms with Crippen LogP contribution in [0, 0.1) is 0 Å². The normalized spacial score (nSPS) is 13.1. The van der Waals surface area contributed by atoms with Crippen LogP contribution in [0.15, 0.2) is 30.3 Å². The number of halogens is 1. The van der Waals surface area contributed by atoms with E-state index in [1.54, 1.807) is 0 Å². The Bertz CT molecular complexity index is 795. The first-order valence-corrected chi connectivity index (χ1v) is 13.3. The maximum Gasteiger partial charge on any atom is 0.192 e. The van der Waals surface area contributed by atoms with Gasteiger partial charge in [-0.25, -0.2) is 9.37 Å². The van der Waals surface area contributed by atoms with Crippen molar-refractivity contribution in [3.8, 4) is 11.3 Å². The lowest BCUT2D eigenvalue weighted by Gasteiger charge is -2.43. The summed E-state index contributed by atoms with van der Waals surface area (Å²) < 4.78 is 28.4. The first-order valence-electron chi connectivity index (χ1n) is 10.4. The van der Waals surface area contributed by atoms with Crippen LogP contribution in [-0.2, 0) is 29.0 Å². The van der Waals surface area contributed by atoms with Crippen molar-refractivity contribution in [1.82, 2.24) is 9.55 Å². The van der Waals surface area contributed by atoms with Crippen LogP contribution in [0.1, 0.15) is 53.1 Å². The quantitative estimate of drug-likeness (QED) is 0.443. The van der Waals surface area contributed by atoms with Crippen molar-refractivity contribution in [1.29, 1.82) is 0 Å². The molecule has 0 bridgehead atoms. The van der Waals surface area contributed by atoms with E-state index in [9.17, 15) is 4.39 Å². The molecular formula is C23H37FN2O2Si. The molecule has 0 fully saturated rings. The Morgan fingerprint density at radius 3 is 2.21 bits per heavy atom. The lowest BCUT2D eigenvalue weighted by Crippen LogP contribution is -2.49. The maximum absolute atomic E-state index is 13.9. The molecule has 0 radical (unpaired) electrons. The van der Waals surface area contributed by atoms with Crippen molar-refractivity contribution in [3.05, 3.63) is 41.9 Å². The van der Waals surface area contributed by atoms with Gasteiger partial charge in [-0.2, -0.15) is 0 Å². The van der Waals surface area contributed by atoms with E-state index in [4.69, 9.17) is 9.16 Å².